The van der Waals surface area contributed by atoms with Gasteiger partial charge in [0.1, 0.15) is 5.82 Å². The lowest BCUT2D eigenvalue weighted by Gasteiger charge is -2.28. The number of aromatic nitrogens is 1. The Balaban J connectivity index is 1.97. The highest BCUT2D eigenvalue weighted by atomic mass is 19.1. The number of benzene rings is 1. The Morgan fingerprint density at radius 2 is 2.20 bits per heavy atom. The Morgan fingerprint density at radius 3 is 3.00 bits per heavy atom. The third kappa shape index (κ3) is 2.46. The van der Waals surface area contributed by atoms with Crippen LogP contribution < -0.4 is 0 Å². The molecule has 2 atom stereocenters. The first-order valence-corrected chi connectivity index (χ1v) is 7.04. The van der Waals surface area contributed by atoms with Crippen LogP contribution in [-0.4, -0.2) is 10.1 Å². The molecule has 0 bridgehead atoms. The highest BCUT2D eigenvalue weighted by Gasteiger charge is 2.29. The summed E-state index contributed by atoms with van der Waals surface area (Å²) in [4.78, 5) is 4.44. The molecule has 0 spiro atoms. The summed E-state index contributed by atoms with van der Waals surface area (Å²) >= 11 is 0. The number of halogens is 1. The summed E-state index contributed by atoms with van der Waals surface area (Å²) in [5.41, 5.74) is 3.64. The van der Waals surface area contributed by atoms with Crippen LogP contribution in [0, 0.1) is 12.7 Å². The smallest absolute Gasteiger partial charge is 0.123 e. The zero-order chi connectivity index (χ0) is 14.1. The van der Waals surface area contributed by atoms with Crippen LogP contribution in [-0.2, 0) is 6.42 Å². The van der Waals surface area contributed by atoms with Crippen molar-refractivity contribution >= 4 is 0 Å². The van der Waals surface area contributed by atoms with E-state index in [9.17, 15) is 9.50 Å². The van der Waals surface area contributed by atoms with Crippen molar-refractivity contribution in [1.82, 2.24) is 4.98 Å². The molecule has 0 radical (unpaired) electrons. The van der Waals surface area contributed by atoms with Crippen LogP contribution >= 0.6 is 0 Å². The van der Waals surface area contributed by atoms with Gasteiger partial charge in [0.2, 0.25) is 0 Å². The van der Waals surface area contributed by atoms with Gasteiger partial charge in [-0.1, -0.05) is 12.1 Å². The van der Waals surface area contributed by atoms with Gasteiger partial charge in [0.05, 0.1) is 6.10 Å². The first-order chi connectivity index (χ1) is 9.65. The lowest BCUT2D eigenvalue weighted by molar-refractivity contribution is 0.133. The van der Waals surface area contributed by atoms with Crippen LogP contribution in [0.4, 0.5) is 4.39 Å². The molecule has 2 unspecified atom stereocenters. The van der Waals surface area contributed by atoms with Crippen molar-refractivity contribution in [2.24, 2.45) is 0 Å². The van der Waals surface area contributed by atoms with Crippen molar-refractivity contribution in [3.63, 3.8) is 0 Å². The van der Waals surface area contributed by atoms with E-state index in [1.807, 2.05) is 19.1 Å². The van der Waals surface area contributed by atoms with Crippen LogP contribution in [0.25, 0.3) is 0 Å². The van der Waals surface area contributed by atoms with Gasteiger partial charge in [0, 0.05) is 17.8 Å². The first-order valence-electron chi connectivity index (χ1n) is 7.04. The van der Waals surface area contributed by atoms with E-state index in [1.165, 1.54) is 17.7 Å². The van der Waals surface area contributed by atoms with Crippen molar-refractivity contribution in [2.75, 3.05) is 0 Å². The van der Waals surface area contributed by atoms with Gasteiger partial charge in [-0.3, -0.25) is 4.98 Å². The Labute approximate surface area is 118 Å². The summed E-state index contributed by atoms with van der Waals surface area (Å²) in [6, 6.07) is 8.75. The average molecular weight is 271 g/mol. The Bertz CT molecular complexity index is 606. The molecule has 2 nitrogen and oxygen atoms in total. The van der Waals surface area contributed by atoms with Crippen LogP contribution in [0.3, 0.4) is 0 Å². The van der Waals surface area contributed by atoms with Gasteiger partial charge in [-0.05, 0) is 61.1 Å². The summed E-state index contributed by atoms with van der Waals surface area (Å²) in [7, 11) is 0. The Kier molecular flexibility index (Phi) is 3.53. The molecule has 0 amide bonds. The highest BCUT2D eigenvalue weighted by Crippen LogP contribution is 2.39. The van der Waals surface area contributed by atoms with E-state index in [1.54, 1.807) is 6.20 Å². The molecule has 1 aliphatic carbocycles. The maximum absolute atomic E-state index is 13.5. The van der Waals surface area contributed by atoms with E-state index in [4.69, 9.17) is 0 Å². The maximum atomic E-state index is 13.5. The van der Waals surface area contributed by atoms with Crippen LogP contribution in [0.1, 0.15) is 47.2 Å². The zero-order valence-electron chi connectivity index (χ0n) is 11.5. The molecular weight excluding hydrogens is 253 g/mol. The zero-order valence-corrected chi connectivity index (χ0v) is 11.5. The fourth-order valence-electron chi connectivity index (χ4n) is 3.12. The predicted molar refractivity (Wildman–Crippen MR) is 76.0 cm³/mol. The second kappa shape index (κ2) is 5.33. The van der Waals surface area contributed by atoms with Gasteiger partial charge < -0.3 is 5.11 Å². The number of rotatable bonds is 2. The Hall–Kier alpha value is -1.74. The molecular formula is C17H18FNO. The van der Waals surface area contributed by atoms with E-state index >= 15 is 0 Å². The van der Waals surface area contributed by atoms with Gasteiger partial charge in [0.15, 0.2) is 0 Å². The summed E-state index contributed by atoms with van der Waals surface area (Å²) < 4.78 is 13.5. The Morgan fingerprint density at radius 1 is 1.35 bits per heavy atom. The lowest BCUT2D eigenvalue weighted by atomic mass is 9.81. The third-order valence-corrected chi connectivity index (χ3v) is 4.03. The normalized spacial score (nSPS) is 19.4. The fourth-order valence-corrected chi connectivity index (χ4v) is 3.12. The number of pyridine rings is 1. The van der Waals surface area contributed by atoms with E-state index < -0.39 is 6.10 Å². The summed E-state index contributed by atoms with van der Waals surface area (Å²) in [6.45, 7) is 1.84. The summed E-state index contributed by atoms with van der Waals surface area (Å²) in [5.74, 6) is -0.336. The van der Waals surface area contributed by atoms with Crippen molar-refractivity contribution < 1.29 is 9.50 Å². The molecule has 0 saturated heterocycles. The van der Waals surface area contributed by atoms with Crippen LogP contribution in [0.5, 0.6) is 0 Å². The molecule has 2 aromatic rings. The highest BCUT2D eigenvalue weighted by molar-refractivity contribution is 5.32. The molecule has 3 rings (SSSR count). The first kappa shape index (κ1) is 13.3. The lowest BCUT2D eigenvalue weighted by Crippen LogP contribution is -2.18. The van der Waals surface area contributed by atoms with E-state index in [-0.39, 0.29) is 11.7 Å². The van der Waals surface area contributed by atoms with Crippen molar-refractivity contribution in [2.45, 2.75) is 38.2 Å². The number of hydrogen-bond acceptors (Lipinski definition) is 2. The maximum Gasteiger partial charge on any atom is 0.123 e. The number of fused-ring (bicyclic) bond motifs is 1. The van der Waals surface area contributed by atoms with Gasteiger partial charge in [-0.25, -0.2) is 4.39 Å². The molecule has 20 heavy (non-hydrogen) atoms. The molecule has 0 saturated carbocycles. The average Bonchev–Trinajstić information content (AvgIpc) is 2.45. The number of hydrogen-bond donors (Lipinski definition) is 1. The van der Waals surface area contributed by atoms with Crippen molar-refractivity contribution in [3.8, 4) is 0 Å². The minimum atomic E-state index is -0.696. The van der Waals surface area contributed by atoms with Crippen LogP contribution in [0.2, 0.25) is 0 Å². The molecule has 1 aromatic heterocycles. The predicted octanol–water partition coefficient (Wildman–Crippen LogP) is 3.68. The van der Waals surface area contributed by atoms with Gasteiger partial charge in [-0.2, -0.15) is 0 Å². The van der Waals surface area contributed by atoms with E-state index in [2.05, 4.69) is 11.1 Å². The van der Waals surface area contributed by atoms with Crippen molar-refractivity contribution in [3.05, 3.63) is 64.7 Å². The number of aliphatic hydroxyl groups excluding tert-OH is 1. The molecule has 0 fully saturated rings. The number of aryl methyl sites for hydroxylation is 2. The summed E-state index contributed by atoms with van der Waals surface area (Å²) in [6.07, 6.45) is 4.00. The molecule has 1 aliphatic rings. The monoisotopic (exact) mass is 271 g/mol. The van der Waals surface area contributed by atoms with Gasteiger partial charge in [0.25, 0.3) is 0 Å². The number of aliphatic hydroxyl groups is 1. The van der Waals surface area contributed by atoms with Crippen LogP contribution in [0.15, 0.2) is 36.5 Å². The fraction of sp³-hybridized carbons (Fsp3) is 0.353. The van der Waals surface area contributed by atoms with Gasteiger partial charge >= 0.3 is 0 Å². The minimum Gasteiger partial charge on any atom is -0.388 e. The SMILES string of the molecule is Cc1cc(F)cc(C(O)C2CCCc3cccnc32)c1. The largest absolute Gasteiger partial charge is 0.388 e. The summed E-state index contributed by atoms with van der Waals surface area (Å²) in [5, 5.41) is 10.6. The third-order valence-electron chi connectivity index (χ3n) is 4.03. The molecule has 1 N–H and O–H groups in total. The molecule has 1 aromatic carbocycles. The van der Waals surface area contributed by atoms with E-state index in [0.29, 0.717) is 5.56 Å². The quantitative estimate of drug-likeness (QED) is 0.903. The minimum absolute atomic E-state index is 0.0406. The van der Waals surface area contributed by atoms with E-state index in [0.717, 1.165) is 30.5 Å². The molecule has 104 valence electrons. The second-order valence-electron chi connectivity index (χ2n) is 5.55. The topological polar surface area (TPSA) is 33.1 Å². The molecule has 1 heterocycles. The molecule has 3 heteroatoms. The number of nitrogens with zero attached hydrogens (tertiary/aromatic N) is 1. The van der Waals surface area contributed by atoms with Gasteiger partial charge in [-0.15, -0.1) is 0 Å². The standard InChI is InChI=1S/C17H18FNO/c1-11-8-13(10-14(18)9-11)17(20)15-6-2-4-12-5-3-7-19-16(12)15/h3,5,7-10,15,17,20H,2,4,6H2,1H3. The molecule has 0 aliphatic heterocycles. The second-order valence-corrected chi connectivity index (χ2v) is 5.55. The van der Waals surface area contributed by atoms with Crippen molar-refractivity contribution in [1.29, 1.82) is 0 Å².